The monoisotopic (exact) mass is 327 g/mol. The molecule has 0 bridgehead atoms. The molecule has 0 radical (unpaired) electrons. The van der Waals surface area contributed by atoms with Crippen LogP contribution in [0.2, 0.25) is 0 Å². The number of nitrogens with zero attached hydrogens (tertiary/aromatic N) is 2. The van der Waals surface area contributed by atoms with E-state index < -0.39 is 0 Å². The summed E-state index contributed by atoms with van der Waals surface area (Å²) < 4.78 is 0. The highest BCUT2D eigenvalue weighted by Gasteiger charge is 2.11. The summed E-state index contributed by atoms with van der Waals surface area (Å²) in [6.07, 6.45) is 3.80. The van der Waals surface area contributed by atoms with Crippen LogP contribution in [0.4, 0.5) is 5.82 Å². The molecule has 0 spiro atoms. The van der Waals surface area contributed by atoms with Crippen LogP contribution in [-0.4, -0.2) is 9.97 Å². The van der Waals surface area contributed by atoms with Gasteiger partial charge in [-0.2, -0.15) is 0 Å². The normalized spacial score (nSPS) is 11.3. The Morgan fingerprint density at radius 3 is 2.60 bits per heavy atom. The van der Waals surface area contributed by atoms with Gasteiger partial charge < -0.3 is 5.73 Å². The molecule has 2 aromatic heterocycles. The molecule has 0 aliphatic rings. The van der Waals surface area contributed by atoms with Gasteiger partial charge in [-0.1, -0.05) is 42.0 Å². The summed E-state index contributed by atoms with van der Waals surface area (Å²) in [5.74, 6) is 0.502. The van der Waals surface area contributed by atoms with Crippen LogP contribution in [0, 0.1) is 13.8 Å². The molecule has 0 saturated heterocycles. The highest BCUT2D eigenvalue weighted by atomic mass is 14.9. The highest BCUT2D eigenvalue weighted by Crippen LogP contribution is 2.30. The molecular formula is C22H21N3. The number of para-hydroxylation sites is 1. The number of aryl methyl sites for hydroxylation is 4. The van der Waals surface area contributed by atoms with Gasteiger partial charge in [-0.3, -0.25) is 4.98 Å². The predicted molar refractivity (Wildman–Crippen MR) is 105 cm³/mol. The third kappa shape index (κ3) is 2.82. The van der Waals surface area contributed by atoms with E-state index in [1.807, 2.05) is 24.4 Å². The van der Waals surface area contributed by atoms with E-state index in [9.17, 15) is 0 Å². The van der Waals surface area contributed by atoms with E-state index in [0.29, 0.717) is 5.82 Å². The van der Waals surface area contributed by atoms with Crippen LogP contribution >= 0.6 is 0 Å². The number of hydrogen-bond acceptors (Lipinski definition) is 3. The molecule has 0 aliphatic heterocycles. The fourth-order valence-corrected chi connectivity index (χ4v) is 3.51. The molecule has 2 N–H and O–H groups in total. The third-order valence-corrected chi connectivity index (χ3v) is 4.86. The maximum atomic E-state index is 6.17. The molecule has 25 heavy (non-hydrogen) atoms. The topological polar surface area (TPSA) is 51.8 Å². The Bertz CT molecular complexity index is 1080. The molecule has 0 atom stereocenters. The zero-order valence-electron chi connectivity index (χ0n) is 14.6. The van der Waals surface area contributed by atoms with Gasteiger partial charge in [0.1, 0.15) is 5.52 Å². The molecule has 3 nitrogen and oxygen atoms in total. The average molecular weight is 327 g/mol. The molecule has 4 aromatic rings. The number of anilines is 1. The summed E-state index contributed by atoms with van der Waals surface area (Å²) in [6, 6.07) is 16.9. The van der Waals surface area contributed by atoms with Crippen LogP contribution in [0.25, 0.3) is 21.8 Å². The third-order valence-electron chi connectivity index (χ3n) is 4.86. The molecule has 2 aromatic carbocycles. The summed E-state index contributed by atoms with van der Waals surface area (Å²) in [5, 5.41) is 2.26. The van der Waals surface area contributed by atoms with E-state index in [0.717, 1.165) is 34.6 Å². The zero-order chi connectivity index (χ0) is 17.4. The van der Waals surface area contributed by atoms with Gasteiger partial charge in [-0.05, 0) is 55.5 Å². The zero-order valence-corrected chi connectivity index (χ0v) is 14.6. The first-order chi connectivity index (χ1) is 12.1. The SMILES string of the molecule is Cc1ccc(C)c(CCc2ccnc3c(N)nc4ccccc4c23)c1. The van der Waals surface area contributed by atoms with Crippen molar-refractivity contribution in [3.05, 3.63) is 77.0 Å². The van der Waals surface area contributed by atoms with Crippen molar-refractivity contribution in [1.29, 1.82) is 0 Å². The molecule has 0 unspecified atom stereocenters. The summed E-state index contributed by atoms with van der Waals surface area (Å²) in [7, 11) is 0. The minimum atomic E-state index is 0.502. The van der Waals surface area contributed by atoms with Crippen LogP contribution < -0.4 is 5.73 Å². The largest absolute Gasteiger partial charge is 0.382 e. The van der Waals surface area contributed by atoms with Crippen molar-refractivity contribution < 1.29 is 0 Å². The molecule has 0 aliphatic carbocycles. The molecule has 2 heterocycles. The van der Waals surface area contributed by atoms with Gasteiger partial charge in [-0.25, -0.2) is 4.98 Å². The van der Waals surface area contributed by atoms with Crippen molar-refractivity contribution in [3.63, 3.8) is 0 Å². The second-order valence-corrected chi connectivity index (χ2v) is 6.64. The first-order valence-corrected chi connectivity index (χ1v) is 8.61. The molecule has 3 heteroatoms. The van der Waals surface area contributed by atoms with Gasteiger partial charge in [0.2, 0.25) is 0 Å². The van der Waals surface area contributed by atoms with Crippen LogP contribution in [-0.2, 0) is 12.8 Å². The summed E-state index contributed by atoms with van der Waals surface area (Å²) in [6.45, 7) is 4.32. The van der Waals surface area contributed by atoms with Crippen molar-refractivity contribution in [2.24, 2.45) is 0 Å². The molecule has 124 valence electrons. The van der Waals surface area contributed by atoms with E-state index >= 15 is 0 Å². The standard InChI is InChI=1S/C22H21N3/c1-14-7-8-15(2)17(13-14)10-9-16-11-12-24-21-20(16)18-5-3-4-6-19(18)25-22(21)23/h3-8,11-13H,9-10H2,1-2H3,(H2,23,25). The second kappa shape index (κ2) is 6.17. The van der Waals surface area contributed by atoms with Crippen LogP contribution in [0.3, 0.4) is 0 Å². The van der Waals surface area contributed by atoms with Crippen molar-refractivity contribution in [1.82, 2.24) is 9.97 Å². The fraction of sp³-hybridized carbons (Fsp3) is 0.182. The lowest BCUT2D eigenvalue weighted by molar-refractivity contribution is 0.953. The molecule has 4 rings (SSSR count). The maximum absolute atomic E-state index is 6.17. The van der Waals surface area contributed by atoms with Crippen LogP contribution in [0.1, 0.15) is 22.3 Å². The first kappa shape index (κ1) is 15.6. The Balaban J connectivity index is 1.83. The van der Waals surface area contributed by atoms with Gasteiger partial charge in [-0.15, -0.1) is 0 Å². The van der Waals surface area contributed by atoms with E-state index in [1.54, 1.807) is 0 Å². The number of fused-ring (bicyclic) bond motifs is 3. The lowest BCUT2D eigenvalue weighted by Crippen LogP contribution is -2.00. The smallest absolute Gasteiger partial charge is 0.150 e. The van der Waals surface area contributed by atoms with Gasteiger partial charge in [0.15, 0.2) is 5.82 Å². The van der Waals surface area contributed by atoms with Crippen LogP contribution in [0.15, 0.2) is 54.7 Å². The van der Waals surface area contributed by atoms with Crippen LogP contribution in [0.5, 0.6) is 0 Å². The van der Waals surface area contributed by atoms with Gasteiger partial charge >= 0.3 is 0 Å². The number of pyridine rings is 2. The Morgan fingerprint density at radius 2 is 1.72 bits per heavy atom. The minimum Gasteiger partial charge on any atom is -0.382 e. The number of nitrogens with two attached hydrogens (primary N) is 1. The van der Waals surface area contributed by atoms with Crippen molar-refractivity contribution in [2.75, 3.05) is 5.73 Å². The van der Waals surface area contributed by atoms with Crippen molar-refractivity contribution >= 4 is 27.6 Å². The predicted octanol–water partition coefficient (Wildman–Crippen LogP) is 4.77. The van der Waals surface area contributed by atoms with E-state index in [1.165, 1.54) is 22.3 Å². The Labute approximate surface area is 147 Å². The molecule has 0 saturated carbocycles. The fourth-order valence-electron chi connectivity index (χ4n) is 3.51. The quantitative estimate of drug-likeness (QED) is 0.552. The second-order valence-electron chi connectivity index (χ2n) is 6.64. The van der Waals surface area contributed by atoms with Gasteiger partial charge in [0, 0.05) is 17.0 Å². The number of nitrogen functional groups attached to an aromatic ring is 1. The summed E-state index contributed by atoms with van der Waals surface area (Å²) in [5.41, 5.74) is 13.2. The Kier molecular flexibility index (Phi) is 3.85. The maximum Gasteiger partial charge on any atom is 0.150 e. The lowest BCUT2D eigenvalue weighted by Gasteiger charge is -2.12. The number of aromatic nitrogens is 2. The lowest BCUT2D eigenvalue weighted by atomic mass is 9.96. The Hall–Kier alpha value is -2.94. The number of hydrogen-bond donors (Lipinski definition) is 1. The van der Waals surface area contributed by atoms with Crippen molar-refractivity contribution in [3.8, 4) is 0 Å². The molecular weight excluding hydrogens is 306 g/mol. The summed E-state index contributed by atoms with van der Waals surface area (Å²) in [4.78, 5) is 8.99. The summed E-state index contributed by atoms with van der Waals surface area (Å²) >= 11 is 0. The van der Waals surface area contributed by atoms with Gasteiger partial charge in [0.25, 0.3) is 0 Å². The Morgan fingerprint density at radius 1 is 0.920 bits per heavy atom. The average Bonchev–Trinajstić information content (AvgIpc) is 2.62. The molecule has 0 amide bonds. The van der Waals surface area contributed by atoms with Crippen molar-refractivity contribution in [2.45, 2.75) is 26.7 Å². The highest BCUT2D eigenvalue weighted by molar-refractivity contribution is 6.09. The number of benzene rings is 2. The first-order valence-electron chi connectivity index (χ1n) is 8.61. The number of rotatable bonds is 3. The molecule has 0 fully saturated rings. The van der Waals surface area contributed by atoms with E-state index in [-0.39, 0.29) is 0 Å². The van der Waals surface area contributed by atoms with E-state index in [2.05, 4.69) is 54.1 Å². The van der Waals surface area contributed by atoms with E-state index in [4.69, 9.17) is 5.73 Å². The minimum absolute atomic E-state index is 0.502. The van der Waals surface area contributed by atoms with Gasteiger partial charge in [0.05, 0.1) is 5.52 Å².